The third kappa shape index (κ3) is 4.31. The summed E-state index contributed by atoms with van der Waals surface area (Å²) in [6.45, 7) is 5.93. The number of nitrogens with zero attached hydrogens (tertiary/aromatic N) is 4. The van der Waals surface area contributed by atoms with E-state index < -0.39 is 11.9 Å². The van der Waals surface area contributed by atoms with Crippen LogP contribution in [0, 0.1) is 0 Å². The molecule has 2 unspecified atom stereocenters. The quantitative estimate of drug-likeness (QED) is 0.649. The van der Waals surface area contributed by atoms with E-state index in [1.54, 1.807) is 4.90 Å². The monoisotopic (exact) mass is 489 g/mol. The highest BCUT2D eigenvalue weighted by Gasteiger charge is 2.42. The van der Waals surface area contributed by atoms with E-state index in [2.05, 4.69) is 39.3 Å². The van der Waals surface area contributed by atoms with Gasteiger partial charge in [0.15, 0.2) is 0 Å². The molecule has 3 saturated heterocycles. The number of hydrogen-bond donors (Lipinski definition) is 1. The van der Waals surface area contributed by atoms with Crippen LogP contribution in [0.2, 0.25) is 0 Å². The summed E-state index contributed by atoms with van der Waals surface area (Å²) in [5, 5.41) is 2.35. The fourth-order valence-electron chi connectivity index (χ4n) is 6.07. The van der Waals surface area contributed by atoms with Crippen molar-refractivity contribution in [2.24, 2.45) is 0 Å². The fourth-order valence-corrected chi connectivity index (χ4v) is 6.07. The third-order valence-corrected chi connectivity index (χ3v) is 7.88. The van der Waals surface area contributed by atoms with E-state index in [1.165, 1.54) is 5.56 Å². The first-order valence-electron chi connectivity index (χ1n) is 12.7. The molecule has 0 radical (unpaired) electrons. The molecule has 0 bridgehead atoms. The number of aromatic nitrogens is 1. The molecule has 2 aromatic rings. The summed E-state index contributed by atoms with van der Waals surface area (Å²) in [4.78, 5) is 47.8. The third-order valence-electron chi connectivity index (χ3n) is 7.88. The van der Waals surface area contributed by atoms with Gasteiger partial charge in [-0.2, -0.15) is 0 Å². The van der Waals surface area contributed by atoms with E-state index >= 15 is 0 Å². The van der Waals surface area contributed by atoms with Gasteiger partial charge in [-0.1, -0.05) is 6.07 Å². The summed E-state index contributed by atoms with van der Waals surface area (Å²) in [5.74, 6) is -0.835. The molecule has 1 aromatic heterocycles. The van der Waals surface area contributed by atoms with Crippen molar-refractivity contribution in [3.8, 4) is 11.3 Å². The van der Waals surface area contributed by atoms with E-state index in [0.717, 1.165) is 62.6 Å². The fraction of sp³-hybridized carbons (Fsp3) is 0.481. The average Bonchev–Trinajstić information content (AvgIpc) is 3.39. The topological polar surface area (TPSA) is 95.1 Å². The second-order valence-electron chi connectivity index (χ2n) is 10.6. The van der Waals surface area contributed by atoms with Gasteiger partial charge < -0.3 is 14.5 Å². The molecule has 3 fully saturated rings. The van der Waals surface area contributed by atoms with Gasteiger partial charge in [0.05, 0.1) is 17.9 Å². The number of rotatable bonds is 4. The predicted molar refractivity (Wildman–Crippen MR) is 132 cm³/mol. The van der Waals surface area contributed by atoms with Gasteiger partial charge in [-0.05, 0) is 55.3 Å². The van der Waals surface area contributed by atoms with Crippen LogP contribution in [0.15, 0.2) is 36.5 Å². The predicted octanol–water partition coefficient (Wildman–Crippen LogP) is 1.42. The number of carbonyl (C=O) groups excluding carboxylic acids is 3. The maximum absolute atomic E-state index is 13.0. The Labute approximate surface area is 210 Å². The van der Waals surface area contributed by atoms with E-state index in [0.29, 0.717) is 18.5 Å². The number of carbonyl (C=O) groups is 3. The molecular formula is C27H31N5O4. The number of amides is 3. The first-order chi connectivity index (χ1) is 17.4. The number of hydrogen-bond acceptors (Lipinski definition) is 7. The summed E-state index contributed by atoms with van der Waals surface area (Å²) < 4.78 is 6.20. The van der Waals surface area contributed by atoms with Crippen LogP contribution in [0.1, 0.15) is 40.7 Å². The number of fused-ring (bicyclic) bond motifs is 1. The highest BCUT2D eigenvalue weighted by molar-refractivity contribution is 6.05. The zero-order chi connectivity index (χ0) is 24.9. The Morgan fingerprint density at radius 2 is 2.03 bits per heavy atom. The number of piperidine rings is 1. The Hall–Kier alpha value is -3.14. The minimum atomic E-state index is -0.607. The zero-order valence-electron chi connectivity index (χ0n) is 20.5. The van der Waals surface area contributed by atoms with Crippen molar-refractivity contribution in [2.45, 2.75) is 44.0 Å². The molecule has 6 rings (SSSR count). The molecule has 4 aliphatic heterocycles. The van der Waals surface area contributed by atoms with E-state index in [1.807, 2.05) is 24.4 Å². The van der Waals surface area contributed by atoms with Gasteiger partial charge in [0.2, 0.25) is 11.8 Å². The van der Waals surface area contributed by atoms with Gasteiger partial charge >= 0.3 is 0 Å². The van der Waals surface area contributed by atoms with Gasteiger partial charge in [-0.15, -0.1) is 0 Å². The van der Waals surface area contributed by atoms with Crippen LogP contribution in [-0.2, 0) is 27.4 Å². The number of imide groups is 1. The maximum atomic E-state index is 13.0. The van der Waals surface area contributed by atoms with Gasteiger partial charge in [0.25, 0.3) is 5.91 Å². The molecule has 188 valence electrons. The van der Waals surface area contributed by atoms with Crippen LogP contribution in [-0.4, -0.2) is 88.9 Å². The molecule has 9 heteroatoms. The van der Waals surface area contributed by atoms with Crippen molar-refractivity contribution in [2.75, 3.05) is 39.8 Å². The molecule has 1 spiro atoms. The number of pyridine rings is 1. The average molecular weight is 490 g/mol. The van der Waals surface area contributed by atoms with E-state index in [9.17, 15) is 14.4 Å². The number of nitrogens with one attached hydrogen (secondary N) is 1. The Bertz CT molecular complexity index is 1230. The Kier molecular flexibility index (Phi) is 5.86. The van der Waals surface area contributed by atoms with Gasteiger partial charge in [0, 0.05) is 63.0 Å². The highest BCUT2D eigenvalue weighted by Crippen LogP contribution is 2.32. The lowest BCUT2D eigenvalue weighted by molar-refractivity contribution is -0.136. The van der Waals surface area contributed by atoms with Crippen molar-refractivity contribution >= 4 is 17.7 Å². The molecule has 5 heterocycles. The lowest BCUT2D eigenvalue weighted by Gasteiger charge is -2.38. The molecule has 2 atom stereocenters. The minimum Gasteiger partial charge on any atom is -0.371 e. The largest absolute Gasteiger partial charge is 0.371 e. The molecule has 0 saturated carbocycles. The highest BCUT2D eigenvalue weighted by atomic mass is 16.5. The van der Waals surface area contributed by atoms with Crippen molar-refractivity contribution in [3.63, 3.8) is 0 Å². The van der Waals surface area contributed by atoms with Crippen molar-refractivity contribution < 1.29 is 19.1 Å². The summed E-state index contributed by atoms with van der Waals surface area (Å²) in [7, 11) is 2.16. The number of benzene rings is 1. The maximum Gasteiger partial charge on any atom is 0.255 e. The normalized spacial score (nSPS) is 27.1. The Morgan fingerprint density at radius 3 is 2.86 bits per heavy atom. The Balaban J connectivity index is 1.16. The van der Waals surface area contributed by atoms with Gasteiger partial charge in [-0.3, -0.25) is 29.6 Å². The summed E-state index contributed by atoms with van der Waals surface area (Å²) in [5.41, 5.74) is 4.45. The molecule has 4 aliphatic rings. The van der Waals surface area contributed by atoms with Crippen molar-refractivity contribution in [1.82, 2.24) is 25.0 Å². The summed E-state index contributed by atoms with van der Waals surface area (Å²) >= 11 is 0. The lowest BCUT2D eigenvalue weighted by Crippen LogP contribution is -2.52. The number of likely N-dealkylation sites (N-methyl/N-ethyl adjacent to an activating group) is 1. The second kappa shape index (κ2) is 9.06. The molecule has 36 heavy (non-hydrogen) atoms. The molecule has 9 nitrogen and oxygen atoms in total. The molecule has 1 N–H and O–H groups in total. The standard InChI is InChI=1S/C27H31N5O4/c1-30-10-11-36-27(16-30)7-9-31(17-27)14-18-6-8-28-22(12-18)19-2-3-21-20(13-19)15-32(26(21)35)23-4-5-24(33)29-25(23)34/h2-3,6,8,12-13,23H,4-5,7,9-11,14-17H2,1H3,(H,29,33,34). The second-order valence-corrected chi connectivity index (χ2v) is 10.6. The molecule has 0 aliphatic carbocycles. The number of ether oxygens (including phenoxy) is 1. The minimum absolute atomic E-state index is 0.0518. The van der Waals surface area contributed by atoms with Gasteiger partial charge in [0.1, 0.15) is 6.04 Å². The van der Waals surface area contributed by atoms with Crippen LogP contribution >= 0.6 is 0 Å². The van der Waals surface area contributed by atoms with Crippen LogP contribution in [0.4, 0.5) is 0 Å². The van der Waals surface area contributed by atoms with E-state index in [-0.39, 0.29) is 23.8 Å². The molecule has 1 aromatic carbocycles. The van der Waals surface area contributed by atoms with E-state index in [4.69, 9.17) is 4.74 Å². The SMILES string of the molecule is CN1CCOC2(CCN(Cc3ccnc(-c4ccc5c(c4)CN(C4CCC(=O)NC4=O)C5=O)c3)C2)C1. The van der Waals surface area contributed by atoms with Crippen LogP contribution in [0.25, 0.3) is 11.3 Å². The number of morpholine rings is 1. The zero-order valence-corrected chi connectivity index (χ0v) is 20.5. The van der Waals surface area contributed by atoms with Crippen LogP contribution in [0.3, 0.4) is 0 Å². The first-order valence-corrected chi connectivity index (χ1v) is 12.7. The number of likely N-dealkylation sites (tertiary alicyclic amines) is 1. The van der Waals surface area contributed by atoms with Gasteiger partial charge in [-0.25, -0.2) is 0 Å². The van der Waals surface area contributed by atoms with Crippen LogP contribution in [0.5, 0.6) is 0 Å². The van der Waals surface area contributed by atoms with Crippen LogP contribution < -0.4 is 5.32 Å². The summed E-state index contributed by atoms with van der Waals surface area (Å²) in [6, 6.07) is 9.33. The molecule has 3 amide bonds. The first kappa shape index (κ1) is 23.3. The summed E-state index contributed by atoms with van der Waals surface area (Å²) in [6.07, 6.45) is 3.51. The lowest BCUT2D eigenvalue weighted by atomic mass is 10.0. The molecular weight excluding hydrogens is 458 g/mol. The van der Waals surface area contributed by atoms with Crippen molar-refractivity contribution in [3.05, 3.63) is 53.2 Å². The Morgan fingerprint density at radius 1 is 1.14 bits per heavy atom. The smallest absolute Gasteiger partial charge is 0.255 e. The van der Waals surface area contributed by atoms with Crippen molar-refractivity contribution in [1.29, 1.82) is 0 Å².